The summed E-state index contributed by atoms with van der Waals surface area (Å²) >= 11 is 1.61. The molecule has 3 rings (SSSR count). The Morgan fingerprint density at radius 3 is 3.20 bits per heavy atom. The second kappa shape index (κ2) is 5.42. The van der Waals surface area contributed by atoms with Crippen molar-refractivity contribution in [1.82, 2.24) is 14.9 Å². The minimum absolute atomic E-state index is 0.00114. The molecule has 5 nitrogen and oxygen atoms in total. The van der Waals surface area contributed by atoms with Crippen LogP contribution in [0.2, 0.25) is 0 Å². The minimum Gasteiger partial charge on any atom is -0.368 e. The molecular formula is C14H14N4OS. The van der Waals surface area contributed by atoms with E-state index in [0.29, 0.717) is 13.1 Å². The molecule has 0 bridgehead atoms. The van der Waals surface area contributed by atoms with Crippen LogP contribution in [-0.4, -0.2) is 27.3 Å². The van der Waals surface area contributed by atoms with Gasteiger partial charge in [0.05, 0.1) is 12.2 Å². The molecule has 0 saturated heterocycles. The Hall–Kier alpha value is -2.21. The third-order valence-corrected chi connectivity index (χ3v) is 4.05. The quantitative estimate of drug-likeness (QED) is 0.853. The van der Waals surface area contributed by atoms with Gasteiger partial charge in [0, 0.05) is 23.7 Å². The molecule has 3 heterocycles. The fraction of sp³-hybridized carbons (Fsp3) is 0.214. The summed E-state index contributed by atoms with van der Waals surface area (Å²) in [5.41, 5.74) is 7.51. The van der Waals surface area contributed by atoms with Crippen LogP contribution in [-0.2, 0) is 17.8 Å². The van der Waals surface area contributed by atoms with Crippen molar-refractivity contribution in [2.75, 3.05) is 12.3 Å². The number of fused-ring (bicyclic) bond motifs is 1. The van der Waals surface area contributed by atoms with Gasteiger partial charge in [-0.2, -0.15) is 0 Å². The number of nitrogen functional groups attached to an aromatic ring is 1. The lowest BCUT2D eigenvalue weighted by molar-refractivity contribution is -0.126. The highest BCUT2D eigenvalue weighted by Gasteiger charge is 2.20. The summed E-state index contributed by atoms with van der Waals surface area (Å²) in [7, 11) is 0. The average molecular weight is 286 g/mol. The Kier molecular flexibility index (Phi) is 3.47. The average Bonchev–Trinajstić information content (AvgIpc) is 2.97. The van der Waals surface area contributed by atoms with E-state index in [1.54, 1.807) is 28.5 Å². The lowest BCUT2D eigenvalue weighted by Gasteiger charge is -2.26. The van der Waals surface area contributed by atoms with E-state index in [1.807, 2.05) is 23.6 Å². The van der Waals surface area contributed by atoms with Crippen LogP contribution < -0.4 is 5.73 Å². The molecule has 6 heteroatoms. The van der Waals surface area contributed by atoms with E-state index < -0.39 is 0 Å². The van der Waals surface area contributed by atoms with Gasteiger partial charge in [-0.25, -0.2) is 9.97 Å². The molecule has 20 heavy (non-hydrogen) atoms. The van der Waals surface area contributed by atoms with Crippen LogP contribution in [0.4, 0.5) is 5.95 Å². The summed E-state index contributed by atoms with van der Waals surface area (Å²) in [5, 5.41) is 1.99. The van der Waals surface area contributed by atoms with Gasteiger partial charge in [-0.05, 0) is 29.5 Å². The van der Waals surface area contributed by atoms with Gasteiger partial charge in [-0.3, -0.25) is 4.79 Å². The zero-order chi connectivity index (χ0) is 13.9. The molecule has 2 aromatic rings. The molecule has 1 aliphatic rings. The molecule has 0 unspecified atom stereocenters. The molecule has 0 radical (unpaired) electrons. The van der Waals surface area contributed by atoms with Crippen LogP contribution in [0.3, 0.4) is 0 Å². The highest BCUT2D eigenvalue weighted by molar-refractivity contribution is 7.10. The number of hydrogen-bond acceptors (Lipinski definition) is 5. The molecule has 0 spiro atoms. The number of hydrogen-bond donors (Lipinski definition) is 1. The molecule has 1 aliphatic heterocycles. The fourth-order valence-corrected chi connectivity index (χ4v) is 2.77. The number of amides is 1. The van der Waals surface area contributed by atoms with Crippen LogP contribution in [0.25, 0.3) is 6.08 Å². The number of thiophene rings is 1. The molecular weight excluding hydrogens is 272 g/mol. The maximum atomic E-state index is 12.2. The van der Waals surface area contributed by atoms with Crippen molar-refractivity contribution >= 4 is 29.3 Å². The Morgan fingerprint density at radius 2 is 2.40 bits per heavy atom. The van der Waals surface area contributed by atoms with Gasteiger partial charge in [0.2, 0.25) is 11.9 Å². The molecule has 1 amide bonds. The summed E-state index contributed by atoms with van der Waals surface area (Å²) in [4.78, 5) is 23.2. The largest absolute Gasteiger partial charge is 0.368 e. The molecule has 102 valence electrons. The van der Waals surface area contributed by atoms with E-state index in [2.05, 4.69) is 9.97 Å². The van der Waals surface area contributed by atoms with E-state index in [1.165, 1.54) is 0 Å². The Morgan fingerprint density at radius 1 is 1.50 bits per heavy atom. The predicted molar refractivity (Wildman–Crippen MR) is 78.9 cm³/mol. The highest BCUT2D eigenvalue weighted by Crippen LogP contribution is 2.17. The number of rotatable bonds is 2. The van der Waals surface area contributed by atoms with Gasteiger partial charge in [-0.1, -0.05) is 6.07 Å². The molecule has 0 saturated carbocycles. The maximum Gasteiger partial charge on any atom is 0.246 e. The van der Waals surface area contributed by atoms with Crippen molar-refractivity contribution < 1.29 is 4.79 Å². The number of anilines is 1. The number of aromatic nitrogens is 2. The number of carbonyl (C=O) groups is 1. The van der Waals surface area contributed by atoms with Gasteiger partial charge >= 0.3 is 0 Å². The highest BCUT2D eigenvalue weighted by atomic mass is 32.1. The first-order valence-corrected chi connectivity index (χ1v) is 7.21. The lowest BCUT2D eigenvalue weighted by atomic mass is 10.1. The summed E-state index contributed by atoms with van der Waals surface area (Å²) < 4.78 is 0. The van der Waals surface area contributed by atoms with Gasteiger partial charge < -0.3 is 10.6 Å². The first-order valence-electron chi connectivity index (χ1n) is 6.33. The second-order valence-corrected chi connectivity index (χ2v) is 5.54. The maximum absolute atomic E-state index is 12.2. The van der Waals surface area contributed by atoms with Crippen LogP contribution >= 0.6 is 11.3 Å². The van der Waals surface area contributed by atoms with Crippen molar-refractivity contribution in [2.45, 2.75) is 13.0 Å². The SMILES string of the molecule is Nc1ncc2c(n1)CN(C(=O)/C=C/c1cccs1)CC2. The molecule has 0 aromatic carbocycles. The monoisotopic (exact) mass is 286 g/mol. The van der Waals surface area contributed by atoms with Crippen molar-refractivity contribution in [3.63, 3.8) is 0 Å². The Balaban J connectivity index is 1.71. The molecule has 2 N–H and O–H groups in total. The van der Waals surface area contributed by atoms with Crippen molar-refractivity contribution in [2.24, 2.45) is 0 Å². The van der Waals surface area contributed by atoms with E-state index in [4.69, 9.17) is 5.73 Å². The summed E-state index contributed by atoms with van der Waals surface area (Å²) in [6.07, 6.45) is 5.98. The van der Waals surface area contributed by atoms with E-state index in [0.717, 1.165) is 22.6 Å². The first-order chi connectivity index (χ1) is 9.72. The third kappa shape index (κ3) is 2.70. The summed E-state index contributed by atoms with van der Waals surface area (Å²) in [5.74, 6) is 0.258. The van der Waals surface area contributed by atoms with Gasteiger partial charge in [0.1, 0.15) is 0 Å². The number of carbonyl (C=O) groups excluding carboxylic acids is 1. The summed E-state index contributed by atoms with van der Waals surface area (Å²) in [6.45, 7) is 1.18. The third-order valence-electron chi connectivity index (χ3n) is 3.21. The smallest absolute Gasteiger partial charge is 0.246 e. The fourth-order valence-electron chi connectivity index (χ4n) is 2.15. The van der Waals surface area contributed by atoms with Crippen LogP contribution in [0, 0.1) is 0 Å². The minimum atomic E-state index is 0.00114. The van der Waals surface area contributed by atoms with Crippen LogP contribution in [0.1, 0.15) is 16.1 Å². The van der Waals surface area contributed by atoms with Crippen LogP contribution in [0.5, 0.6) is 0 Å². The molecule has 0 atom stereocenters. The van der Waals surface area contributed by atoms with E-state index in [9.17, 15) is 4.79 Å². The number of nitrogens with two attached hydrogens (primary N) is 1. The van der Waals surface area contributed by atoms with E-state index >= 15 is 0 Å². The normalized spacial score (nSPS) is 14.5. The number of nitrogens with zero attached hydrogens (tertiary/aromatic N) is 3. The van der Waals surface area contributed by atoms with Crippen molar-refractivity contribution in [1.29, 1.82) is 0 Å². The van der Waals surface area contributed by atoms with E-state index in [-0.39, 0.29) is 11.9 Å². The molecule has 0 fully saturated rings. The second-order valence-electron chi connectivity index (χ2n) is 4.56. The molecule has 2 aromatic heterocycles. The van der Waals surface area contributed by atoms with Crippen LogP contribution in [0.15, 0.2) is 29.8 Å². The van der Waals surface area contributed by atoms with Crippen molar-refractivity contribution in [3.05, 3.63) is 45.9 Å². The summed E-state index contributed by atoms with van der Waals surface area (Å²) in [6, 6.07) is 3.94. The Bertz CT molecular complexity index is 651. The van der Waals surface area contributed by atoms with Crippen molar-refractivity contribution in [3.8, 4) is 0 Å². The lowest BCUT2D eigenvalue weighted by Crippen LogP contribution is -2.35. The zero-order valence-corrected chi connectivity index (χ0v) is 11.6. The predicted octanol–water partition coefficient (Wildman–Crippen LogP) is 1.72. The topological polar surface area (TPSA) is 72.1 Å². The van der Waals surface area contributed by atoms with Gasteiger partial charge in [-0.15, -0.1) is 11.3 Å². The van der Waals surface area contributed by atoms with Gasteiger partial charge in [0.25, 0.3) is 0 Å². The standard InChI is InChI=1S/C14H14N4OS/c15-14-16-8-10-5-6-18(9-12(10)17-14)13(19)4-3-11-2-1-7-20-11/h1-4,7-8H,5-6,9H2,(H2,15,16,17)/b4-3+. The molecule has 0 aliphatic carbocycles. The zero-order valence-electron chi connectivity index (χ0n) is 10.8. The first kappa shape index (κ1) is 12.8. The Labute approximate surface area is 120 Å². The van der Waals surface area contributed by atoms with Gasteiger partial charge in [0.15, 0.2) is 0 Å².